The lowest BCUT2D eigenvalue weighted by Crippen LogP contribution is -2.36. The molecule has 0 saturated heterocycles. The highest BCUT2D eigenvalue weighted by Gasteiger charge is 2.12. The van der Waals surface area contributed by atoms with Crippen molar-refractivity contribution < 1.29 is 13.9 Å². The van der Waals surface area contributed by atoms with Crippen molar-refractivity contribution in [3.8, 4) is 6.07 Å². The molecular formula is C14H19FN4O2. The Hall–Kier alpha value is -2.17. The molecule has 21 heavy (non-hydrogen) atoms. The summed E-state index contributed by atoms with van der Waals surface area (Å²) in [7, 11) is 1.57. The van der Waals surface area contributed by atoms with Crippen molar-refractivity contribution in [1.82, 2.24) is 4.90 Å². The van der Waals surface area contributed by atoms with Gasteiger partial charge in [-0.15, -0.1) is 0 Å². The highest BCUT2D eigenvalue weighted by Crippen LogP contribution is 2.18. The second-order valence-electron chi connectivity index (χ2n) is 4.46. The molecule has 0 heterocycles. The van der Waals surface area contributed by atoms with Crippen molar-refractivity contribution in [2.45, 2.75) is 6.42 Å². The molecule has 0 aromatic heterocycles. The number of hydrogen-bond acceptors (Lipinski definition) is 5. The van der Waals surface area contributed by atoms with Gasteiger partial charge in [-0.2, -0.15) is 5.26 Å². The van der Waals surface area contributed by atoms with Gasteiger partial charge in [0.15, 0.2) is 0 Å². The van der Waals surface area contributed by atoms with E-state index < -0.39 is 5.82 Å². The molecule has 0 spiro atoms. The fourth-order valence-electron chi connectivity index (χ4n) is 1.74. The lowest BCUT2D eigenvalue weighted by Gasteiger charge is -2.20. The predicted molar refractivity (Wildman–Crippen MR) is 78.0 cm³/mol. The normalized spacial score (nSPS) is 10.4. The van der Waals surface area contributed by atoms with Crippen LogP contribution in [0.1, 0.15) is 6.42 Å². The van der Waals surface area contributed by atoms with Gasteiger partial charge in [0.1, 0.15) is 5.82 Å². The number of nitrogens with one attached hydrogen (secondary N) is 1. The first-order chi connectivity index (χ1) is 10.1. The Balaban J connectivity index is 2.58. The van der Waals surface area contributed by atoms with E-state index in [1.165, 1.54) is 12.1 Å². The first kappa shape index (κ1) is 16.9. The molecule has 1 aromatic carbocycles. The van der Waals surface area contributed by atoms with E-state index >= 15 is 0 Å². The van der Waals surface area contributed by atoms with Gasteiger partial charge in [-0.1, -0.05) is 0 Å². The molecular weight excluding hydrogens is 275 g/mol. The molecule has 3 N–H and O–H groups in total. The van der Waals surface area contributed by atoms with Crippen molar-refractivity contribution in [1.29, 1.82) is 5.26 Å². The van der Waals surface area contributed by atoms with E-state index in [1.807, 2.05) is 11.0 Å². The molecule has 0 fully saturated rings. The Labute approximate surface area is 123 Å². The summed E-state index contributed by atoms with van der Waals surface area (Å²) in [6.07, 6.45) is 0.329. The molecule has 0 aliphatic carbocycles. The van der Waals surface area contributed by atoms with Crippen LogP contribution >= 0.6 is 0 Å². The molecule has 0 radical (unpaired) electrons. The third-order valence-corrected chi connectivity index (χ3v) is 2.81. The Morgan fingerprint density at radius 3 is 2.90 bits per heavy atom. The fraction of sp³-hybridized carbons (Fsp3) is 0.429. The van der Waals surface area contributed by atoms with Gasteiger partial charge in [-0.05, 0) is 18.2 Å². The predicted octanol–water partition coefficient (Wildman–Crippen LogP) is 1.21. The van der Waals surface area contributed by atoms with Crippen LogP contribution < -0.4 is 11.1 Å². The number of methoxy groups -OCH3 is 1. The number of ether oxygens (including phenoxy) is 1. The van der Waals surface area contributed by atoms with Crippen LogP contribution in [0.5, 0.6) is 0 Å². The Morgan fingerprint density at radius 2 is 2.29 bits per heavy atom. The Morgan fingerprint density at radius 1 is 1.52 bits per heavy atom. The van der Waals surface area contributed by atoms with Gasteiger partial charge in [0.25, 0.3) is 0 Å². The quantitative estimate of drug-likeness (QED) is 0.703. The van der Waals surface area contributed by atoms with Crippen molar-refractivity contribution in [3.05, 3.63) is 24.0 Å². The van der Waals surface area contributed by atoms with E-state index in [2.05, 4.69) is 5.32 Å². The van der Waals surface area contributed by atoms with Crippen LogP contribution in [-0.2, 0) is 9.53 Å². The van der Waals surface area contributed by atoms with E-state index in [0.717, 1.165) is 6.07 Å². The first-order valence-electron chi connectivity index (χ1n) is 6.50. The zero-order valence-corrected chi connectivity index (χ0v) is 11.9. The lowest BCUT2D eigenvalue weighted by atomic mass is 10.2. The molecule has 0 saturated carbocycles. The van der Waals surface area contributed by atoms with Crippen LogP contribution in [0.2, 0.25) is 0 Å². The average molecular weight is 294 g/mol. The van der Waals surface area contributed by atoms with E-state index in [4.69, 9.17) is 15.7 Å². The van der Waals surface area contributed by atoms with Gasteiger partial charge in [-0.3, -0.25) is 9.69 Å². The number of nitriles is 1. The number of rotatable bonds is 8. The summed E-state index contributed by atoms with van der Waals surface area (Å²) in [5.41, 5.74) is 6.17. The number of carbonyl (C=O) groups excluding carboxylic acids is 1. The summed E-state index contributed by atoms with van der Waals surface area (Å²) in [5.74, 6) is -0.733. The van der Waals surface area contributed by atoms with Crippen LogP contribution in [0.25, 0.3) is 0 Å². The van der Waals surface area contributed by atoms with E-state index in [1.54, 1.807) is 7.11 Å². The molecule has 1 aromatic rings. The van der Waals surface area contributed by atoms with Gasteiger partial charge < -0.3 is 15.8 Å². The molecule has 0 atom stereocenters. The number of carbonyl (C=O) groups is 1. The molecule has 0 bridgehead atoms. The minimum absolute atomic E-state index is 0.113. The van der Waals surface area contributed by atoms with Crippen LogP contribution in [0.4, 0.5) is 15.8 Å². The highest BCUT2D eigenvalue weighted by atomic mass is 19.1. The summed E-state index contributed by atoms with van der Waals surface area (Å²) in [5, 5.41) is 11.2. The van der Waals surface area contributed by atoms with Gasteiger partial charge in [-0.25, -0.2) is 4.39 Å². The zero-order valence-electron chi connectivity index (χ0n) is 11.9. The number of nitrogens with zero attached hydrogens (tertiary/aromatic N) is 2. The topological polar surface area (TPSA) is 91.4 Å². The number of amides is 1. The van der Waals surface area contributed by atoms with Gasteiger partial charge in [0, 0.05) is 26.6 Å². The maximum atomic E-state index is 12.9. The molecule has 6 nitrogen and oxygen atoms in total. The summed E-state index contributed by atoms with van der Waals surface area (Å²) in [4.78, 5) is 13.8. The number of nitrogen functional groups attached to an aromatic ring is 1. The number of nitrogens with two attached hydrogens (primary N) is 1. The molecule has 7 heteroatoms. The monoisotopic (exact) mass is 294 g/mol. The number of halogens is 1. The first-order valence-corrected chi connectivity index (χ1v) is 6.50. The molecule has 1 rings (SSSR count). The minimum atomic E-state index is -0.457. The van der Waals surface area contributed by atoms with Crippen molar-refractivity contribution in [3.63, 3.8) is 0 Å². The third kappa shape index (κ3) is 6.21. The maximum Gasteiger partial charge on any atom is 0.238 e. The summed E-state index contributed by atoms with van der Waals surface area (Å²) in [6.45, 7) is 1.61. The molecule has 114 valence electrons. The molecule has 1 amide bonds. The molecule has 0 aliphatic rings. The highest BCUT2D eigenvalue weighted by molar-refractivity contribution is 5.95. The van der Waals surface area contributed by atoms with Crippen molar-refractivity contribution in [2.24, 2.45) is 0 Å². The SMILES string of the molecule is COCCN(CCC#N)CC(=O)Nc1ccc(F)cc1N. The van der Waals surface area contributed by atoms with Crippen LogP contribution in [0.3, 0.4) is 0 Å². The lowest BCUT2D eigenvalue weighted by molar-refractivity contribution is -0.117. The second-order valence-corrected chi connectivity index (χ2v) is 4.46. The zero-order chi connectivity index (χ0) is 15.7. The van der Waals surface area contributed by atoms with Crippen LogP contribution in [0.15, 0.2) is 18.2 Å². The van der Waals surface area contributed by atoms with Crippen LogP contribution in [-0.4, -0.2) is 44.2 Å². The number of anilines is 2. The molecule has 0 unspecified atom stereocenters. The smallest absolute Gasteiger partial charge is 0.238 e. The summed E-state index contributed by atoms with van der Waals surface area (Å²) < 4.78 is 17.9. The van der Waals surface area contributed by atoms with Gasteiger partial charge >= 0.3 is 0 Å². The largest absolute Gasteiger partial charge is 0.397 e. The summed E-state index contributed by atoms with van der Waals surface area (Å²) in [6, 6.07) is 5.82. The number of benzene rings is 1. The average Bonchev–Trinajstić information content (AvgIpc) is 2.45. The Bertz CT molecular complexity index is 516. The maximum absolute atomic E-state index is 12.9. The van der Waals surface area contributed by atoms with E-state index in [-0.39, 0.29) is 18.1 Å². The number of hydrogen-bond donors (Lipinski definition) is 2. The van der Waals surface area contributed by atoms with Gasteiger partial charge in [0.05, 0.1) is 30.6 Å². The van der Waals surface area contributed by atoms with Crippen molar-refractivity contribution in [2.75, 3.05) is 44.4 Å². The van der Waals surface area contributed by atoms with Gasteiger partial charge in [0.2, 0.25) is 5.91 Å². The third-order valence-electron chi connectivity index (χ3n) is 2.81. The van der Waals surface area contributed by atoms with E-state index in [9.17, 15) is 9.18 Å². The second kappa shape index (κ2) is 8.89. The fourth-order valence-corrected chi connectivity index (χ4v) is 1.74. The molecule has 0 aliphatic heterocycles. The summed E-state index contributed by atoms with van der Waals surface area (Å²) >= 11 is 0. The Kier molecular flexibility index (Phi) is 7.15. The standard InChI is InChI=1S/C14H19FN4O2/c1-21-8-7-19(6-2-5-16)10-14(20)18-13-4-3-11(15)9-12(13)17/h3-4,9H,2,6-8,10,17H2,1H3,(H,18,20). The van der Waals surface area contributed by atoms with E-state index in [0.29, 0.717) is 31.8 Å². The van der Waals surface area contributed by atoms with Crippen molar-refractivity contribution >= 4 is 17.3 Å². The minimum Gasteiger partial charge on any atom is -0.397 e. The van der Waals surface area contributed by atoms with Crippen LogP contribution in [0, 0.1) is 17.1 Å².